The van der Waals surface area contributed by atoms with E-state index in [4.69, 9.17) is 20.8 Å². The number of H-pyrrole nitrogens is 1. The van der Waals surface area contributed by atoms with Crippen molar-refractivity contribution in [3.05, 3.63) is 76.8 Å². The number of nitrogens with one attached hydrogen (secondary N) is 2. The van der Waals surface area contributed by atoms with Gasteiger partial charge in [0.1, 0.15) is 11.6 Å². The molecule has 0 bridgehead atoms. The van der Waals surface area contributed by atoms with Gasteiger partial charge in [-0.3, -0.25) is 0 Å². The molecule has 2 aromatic heterocycles. The molecule has 2 aromatic carbocycles. The molecular formula is C24H25ClN4O3S. The van der Waals surface area contributed by atoms with E-state index in [0.29, 0.717) is 28.3 Å². The van der Waals surface area contributed by atoms with Crippen LogP contribution in [0.4, 0.5) is 4.79 Å². The second-order valence-electron chi connectivity index (χ2n) is 8.55. The van der Waals surface area contributed by atoms with Crippen molar-refractivity contribution in [3.63, 3.8) is 0 Å². The molecule has 4 rings (SSSR count). The number of fused-ring (bicyclic) bond motifs is 1. The fraction of sp³-hybridized carbons (Fsp3) is 0.292. The summed E-state index contributed by atoms with van der Waals surface area (Å²) < 4.78 is 11.4. The second-order valence-corrected chi connectivity index (χ2v) is 9.88. The summed E-state index contributed by atoms with van der Waals surface area (Å²) in [7, 11) is 0. The van der Waals surface area contributed by atoms with Crippen molar-refractivity contribution >= 4 is 40.4 Å². The average Bonchev–Trinajstić information content (AvgIpc) is 3.39. The van der Waals surface area contributed by atoms with Crippen molar-refractivity contribution in [1.82, 2.24) is 20.5 Å². The molecule has 1 atom stereocenters. The molecule has 0 saturated carbocycles. The Hall–Kier alpha value is -2.97. The SMILES string of the molecule is CC(C)(C)OC(=O)NC(Cc1c[nH]c2ccccc12)c1nnc(SCc2ccccc2Cl)o1. The van der Waals surface area contributed by atoms with Crippen LogP contribution in [-0.4, -0.2) is 26.9 Å². The highest BCUT2D eigenvalue weighted by Crippen LogP contribution is 2.29. The van der Waals surface area contributed by atoms with Crippen LogP contribution in [0.15, 0.2) is 64.4 Å². The molecule has 0 spiro atoms. The summed E-state index contributed by atoms with van der Waals surface area (Å²) in [4.78, 5) is 15.8. The molecule has 1 amide bonds. The molecule has 2 heterocycles. The number of thioether (sulfide) groups is 1. The van der Waals surface area contributed by atoms with Gasteiger partial charge in [0.05, 0.1) is 0 Å². The maximum atomic E-state index is 12.5. The highest BCUT2D eigenvalue weighted by Gasteiger charge is 2.26. The number of nitrogens with zero attached hydrogens (tertiary/aromatic N) is 2. The number of rotatable bonds is 7. The zero-order chi connectivity index (χ0) is 23.4. The van der Waals surface area contributed by atoms with E-state index < -0.39 is 17.7 Å². The lowest BCUT2D eigenvalue weighted by atomic mass is 10.1. The minimum atomic E-state index is -0.625. The lowest BCUT2D eigenvalue weighted by molar-refractivity contribution is 0.0494. The van der Waals surface area contributed by atoms with Gasteiger partial charge in [0.2, 0.25) is 5.89 Å². The quantitative estimate of drug-likeness (QED) is 0.299. The molecular weight excluding hydrogens is 460 g/mol. The topological polar surface area (TPSA) is 93.0 Å². The third-order valence-corrected chi connectivity index (χ3v) is 6.06. The van der Waals surface area contributed by atoms with Crippen molar-refractivity contribution in [2.24, 2.45) is 0 Å². The van der Waals surface area contributed by atoms with Gasteiger partial charge in [0.25, 0.3) is 5.22 Å². The summed E-state index contributed by atoms with van der Waals surface area (Å²) in [5.74, 6) is 0.904. The standard InChI is InChI=1S/C24H25ClN4O3S/c1-24(2,3)32-22(30)27-20(12-16-13-26-19-11-7-5-9-17(16)19)21-28-29-23(31-21)33-14-15-8-4-6-10-18(15)25/h4-11,13,20,26H,12,14H2,1-3H3,(H,27,30). The molecule has 1 unspecified atom stereocenters. The third-order valence-electron chi connectivity index (χ3n) is 4.82. The summed E-state index contributed by atoms with van der Waals surface area (Å²) in [6.07, 6.45) is 1.84. The second kappa shape index (κ2) is 9.89. The van der Waals surface area contributed by atoms with Crippen LogP contribution >= 0.6 is 23.4 Å². The summed E-state index contributed by atoms with van der Waals surface area (Å²) in [6.45, 7) is 5.45. The molecule has 0 aliphatic rings. The third kappa shape index (κ3) is 6.09. The van der Waals surface area contributed by atoms with Crippen LogP contribution in [0.2, 0.25) is 5.02 Å². The number of para-hydroxylation sites is 1. The molecule has 0 saturated heterocycles. The van der Waals surface area contributed by atoms with Crippen LogP contribution in [-0.2, 0) is 16.9 Å². The molecule has 172 valence electrons. The zero-order valence-electron chi connectivity index (χ0n) is 18.6. The van der Waals surface area contributed by atoms with Crippen LogP contribution < -0.4 is 5.32 Å². The Morgan fingerprint density at radius 1 is 1.15 bits per heavy atom. The Balaban J connectivity index is 1.54. The van der Waals surface area contributed by atoms with Crippen LogP contribution in [0, 0.1) is 0 Å². The minimum absolute atomic E-state index is 0.313. The highest BCUT2D eigenvalue weighted by atomic mass is 35.5. The maximum absolute atomic E-state index is 12.5. The van der Waals surface area contributed by atoms with E-state index in [9.17, 15) is 4.79 Å². The van der Waals surface area contributed by atoms with Gasteiger partial charge < -0.3 is 19.5 Å². The number of benzene rings is 2. The van der Waals surface area contributed by atoms with E-state index >= 15 is 0 Å². The van der Waals surface area contributed by atoms with Gasteiger partial charge in [-0.2, -0.15) is 0 Å². The number of amides is 1. The fourth-order valence-corrected chi connectivity index (χ4v) is 4.40. The van der Waals surface area contributed by atoms with E-state index in [0.717, 1.165) is 22.0 Å². The number of aromatic amines is 1. The summed E-state index contributed by atoms with van der Waals surface area (Å²) in [5, 5.41) is 13.4. The first-order valence-corrected chi connectivity index (χ1v) is 11.9. The number of carbonyl (C=O) groups excluding carboxylic acids is 1. The van der Waals surface area contributed by atoms with Crippen molar-refractivity contribution in [2.75, 3.05) is 0 Å². The lowest BCUT2D eigenvalue weighted by Crippen LogP contribution is -2.36. The molecule has 0 aliphatic carbocycles. The van der Waals surface area contributed by atoms with Crippen molar-refractivity contribution in [1.29, 1.82) is 0 Å². The van der Waals surface area contributed by atoms with E-state index in [1.54, 1.807) is 0 Å². The normalized spacial score (nSPS) is 12.6. The van der Waals surface area contributed by atoms with Crippen LogP contribution in [0.5, 0.6) is 0 Å². The Morgan fingerprint density at radius 3 is 2.70 bits per heavy atom. The number of hydrogen-bond donors (Lipinski definition) is 2. The Labute approximate surface area is 201 Å². The Morgan fingerprint density at radius 2 is 1.91 bits per heavy atom. The van der Waals surface area contributed by atoms with E-state index in [2.05, 4.69) is 20.5 Å². The van der Waals surface area contributed by atoms with Gasteiger partial charge >= 0.3 is 6.09 Å². The number of hydrogen-bond acceptors (Lipinski definition) is 6. The van der Waals surface area contributed by atoms with E-state index in [-0.39, 0.29) is 0 Å². The number of ether oxygens (including phenoxy) is 1. The number of halogens is 1. The zero-order valence-corrected chi connectivity index (χ0v) is 20.2. The van der Waals surface area contributed by atoms with E-state index in [1.165, 1.54) is 11.8 Å². The fourth-order valence-electron chi connectivity index (χ4n) is 3.34. The number of alkyl carbamates (subject to hydrolysis) is 1. The van der Waals surface area contributed by atoms with Crippen LogP contribution in [0.1, 0.15) is 43.8 Å². The molecule has 0 aliphatic heterocycles. The predicted octanol–water partition coefficient (Wildman–Crippen LogP) is 6.31. The summed E-state index contributed by atoms with van der Waals surface area (Å²) >= 11 is 7.63. The monoisotopic (exact) mass is 484 g/mol. The Kier molecular flexibility index (Phi) is 6.95. The van der Waals surface area contributed by atoms with Crippen LogP contribution in [0.3, 0.4) is 0 Å². The van der Waals surface area contributed by atoms with Gasteiger partial charge in [-0.1, -0.05) is 59.8 Å². The molecule has 33 heavy (non-hydrogen) atoms. The maximum Gasteiger partial charge on any atom is 0.408 e. The number of carbonyl (C=O) groups is 1. The van der Waals surface area contributed by atoms with Gasteiger partial charge in [-0.25, -0.2) is 4.79 Å². The largest absolute Gasteiger partial charge is 0.444 e. The first kappa shape index (κ1) is 23.2. The smallest absolute Gasteiger partial charge is 0.408 e. The van der Waals surface area contributed by atoms with Gasteiger partial charge in [0.15, 0.2) is 0 Å². The summed E-state index contributed by atoms with van der Waals surface area (Å²) in [5.41, 5.74) is 2.39. The van der Waals surface area contributed by atoms with Gasteiger partial charge in [-0.15, -0.1) is 10.2 Å². The highest BCUT2D eigenvalue weighted by molar-refractivity contribution is 7.98. The summed E-state index contributed by atoms with van der Waals surface area (Å²) in [6, 6.07) is 15.1. The molecule has 9 heteroatoms. The lowest BCUT2D eigenvalue weighted by Gasteiger charge is -2.22. The van der Waals surface area contributed by atoms with Crippen molar-refractivity contribution < 1.29 is 13.9 Å². The van der Waals surface area contributed by atoms with Crippen molar-refractivity contribution in [3.8, 4) is 0 Å². The van der Waals surface area contributed by atoms with Crippen LogP contribution in [0.25, 0.3) is 10.9 Å². The molecule has 7 nitrogen and oxygen atoms in total. The molecule has 0 radical (unpaired) electrons. The Bertz CT molecular complexity index is 1250. The van der Waals surface area contributed by atoms with E-state index in [1.807, 2.05) is 75.5 Å². The first-order valence-electron chi connectivity index (χ1n) is 10.5. The minimum Gasteiger partial charge on any atom is -0.444 e. The molecule has 2 N–H and O–H groups in total. The molecule has 4 aromatic rings. The van der Waals surface area contributed by atoms with Crippen molar-refractivity contribution in [2.45, 2.75) is 49.8 Å². The molecule has 0 fully saturated rings. The number of aromatic nitrogens is 3. The van der Waals surface area contributed by atoms with Gasteiger partial charge in [-0.05, 0) is 44.0 Å². The average molecular weight is 485 g/mol. The first-order chi connectivity index (χ1) is 15.8. The predicted molar refractivity (Wildman–Crippen MR) is 129 cm³/mol. The van der Waals surface area contributed by atoms with Gasteiger partial charge in [0, 0.05) is 34.3 Å².